The standard InChI is InChI=1S/C10H18N4O.HI/c1-4-5-12-10(11)13-6-9-14-7(2)8(3)15-9;/h4-6H2,1-3H3,(H3,11,12,13);1H. The second kappa shape index (κ2) is 7.48. The average molecular weight is 338 g/mol. The summed E-state index contributed by atoms with van der Waals surface area (Å²) in [4.78, 5) is 8.32. The molecule has 0 bridgehead atoms. The Morgan fingerprint density at radius 3 is 2.69 bits per heavy atom. The van der Waals surface area contributed by atoms with Gasteiger partial charge in [0.25, 0.3) is 0 Å². The Morgan fingerprint density at radius 2 is 2.19 bits per heavy atom. The highest BCUT2D eigenvalue weighted by molar-refractivity contribution is 14.0. The Balaban J connectivity index is 0.00000225. The van der Waals surface area contributed by atoms with Gasteiger partial charge < -0.3 is 15.5 Å². The Bertz CT molecular complexity index is 329. The SMILES string of the molecule is CCCNC(N)=NCc1nc(C)c(C)o1.I. The highest BCUT2D eigenvalue weighted by atomic mass is 127. The summed E-state index contributed by atoms with van der Waals surface area (Å²) in [5.41, 5.74) is 6.52. The van der Waals surface area contributed by atoms with Gasteiger partial charge in [-0.15, -0.1) is 24.0 Å². The van der Waals surface area contributed by atoms with Crippen LogP contribution in [0.5, 0.6) is 0 Å². The number of guanidine groups is 1. The fourth-order valence-electron chi connectivity index (χ4n) is 1.07. The first-order chi connectivity index (χ1) is 7.13. The van der Waals surface area contributed by atoms with Gasteiger partial charge in [0.15, 0.2) is 5.96 Å². The van der Waals surface area contributed by atoms with E-state index >= 15 is 0 Å². The topological polar surface area (TPSA) is 76.4 Å². The van der Waals surface area contributed by atoms with E-state index in [1.165, 1.54) is 0 Å². The van der Waals surface area contributed by atoms with Gasteiger partial charge in [-0.25, -0.2) is 9.98 Å². The highest BCUT2D eigenvalue weighted by Gasteiger charge is 2.04. The van der Waals surface area contributed by atoms with Crippen molar-refractivity contribution in [2.45, 2.75) is 33.7 Å². The molecule has 0 saturated heterocycles. The maximum Gasteiger partial charge on any atom is 0.216 e. The summed E-state index contributed by atoms with van der Waals surface area (Å²) in [5, 5.41) is 2.98. The lowest BCUT2D eigenvalue weighted by Gasteiger charge is -2.01. The van der Waals surface area contributed by atoms with Gasteiger partial charge in [0.1, 0.15) is 12.3 Å². The van der Waals surface area contributed by atoms with Gasteiger partial charge in [-0.1, -0.05) is 6.92 Å². The lowest BCUT2D eigenvalue weighted by molar-refractivity contribution is 0.473. The molecule has 0 aliphatic rings. The molecule has 0 unspecified atom stereocenters. The molecule has 92 valence electrons. The molecule has 5 nitrogen and oxygen atoms in total. The maximum atomic E-state index is 5.62. The van der Waals surface area contributed by atoms with Crippen LogP contribution in [0, 0.1) is 13.8 Å². The molecule has 3 N–H and O–H groups in total. The number of aryl methyl sites for hydroxylation is 2. The zero-order valence-corrected chi connectivity index (χ0v) is 12.2. The van der Waals surface area contributed by atoms with Gasteiger partial charge in [-0.05, 0) is 20.3 Å². The van der Waals surface area contributed by atoms with Crippen LogP contribution in [0.3, 0.4) is 0 Å². The van der Waals surface area contributed by atoms with Gasteiger partial charge in [0.2, 0.25) is 5.89 Å². The third-order valence-electron chi connectivity index (χ3n) is 2.01. The molecule has 1 aromatic heterocycles. The van der Waals surface area contributed by atoms with E-state index in [-0.39, 0.29) is 24.0 Å². The summed E-state index contributed by atoms with van der Waals surface area (Å²) in [5.74, 6) is 1.87. The number of oxazole rings is 1. The molecule has 16 heavy (non-hydrogen) atoms. The first-order valence-electron chi connectivity index (χ1n) is 5.10. The Hall–Kier alpha value is -0.790. The van der Waals surface area contributed by atoms with Crippen molar-refractivity contribution in [3.05, 3.63) is 17.3 Å². The Kier molecular flexibility index (Phi) is 7.11. The van der Waals surface area contributed by atoms with Gasteiger partial charge in [-0.2, -0.15) is 0 Å². The fourth-order valence-corrected chi connectivity index (χ4v) is 1.07. The average Bonchev–Trinajstić information content (AvgIpc) is 2.52. The van der Waals surface area contributed by atoms with Crippen LogP contribution in [-0.4, -0.2) is 17.5 Å². The normalized spacial score (nSPS) is 11.1. The second-order valence-electron chi connectivity index (χ2n) is 3.38. The summed E-state index contributed by atoms with van der Waals surface area (Å²) >= 11 is 0. The lowest BCUT2D eigenvalue weighted by Crippen LogP contribution is -2.32. The van der Waals surface area contributed by atoms with Crippen molar-refractivity contribution in [2.24, 2.45) is 10.7 Å². The summed E-state index contributed by atoms with van der Waals surface area (Å²) in [6, 6.07) is 0. The van der Waals surface area contributed by atoms with Crippen molar-refractivity contribution >= 4 is 29.9 Å². The number of rotatable bonds is 4. The molecule has 0 aromatic carbocycles. The van der Waals surface area contributed by atoms with E-state index in [0.717, 1.165) is 24.4 Å². The first-order valence-corrected chi connectivity index (χ1v) is 5.10. The molecule has 0 aliphatic carbocycles. The van der Waals surface area contributed by atoms with Crippen LogP contribution in [0.15, 0.2) is 9.41 Å². The van der Waals surface area contributed by atoms with E-state index in [4.69, 9.17) is 10.2 Å². The minimum Gasteiger partial charge on any atom is -0.444 e. The van der Waals surface area contributed by atoms with E-state index in [9.17, 15) is 0 Å². The number of halogens is 1. The van der Waals surface area contributed by atoms with Crippen LogP contribution in [0.1, 0.15) is 30.7 Å². The predicted octanol–water partition coefficient (Wildman–Crippen LogP) is 1.72. The monoisotopic (exact) mass is 338 g/mol. The van der Waals surface area contributed by atoms with E-state index in [2.05, 4.69) is 22.2 Å². The zero-order valence-electron chi connectivity index (χ0n) is 9.91. The van der Waals surface area contributed by atoms with Gasteiger partial charge in [0, 0.05) is 6.54 Å². The molecule has 0 saturated carbocycles. The van der Waals surface area contributed by atoms with Crippen molar-refractivity contribution in [2.75, 3.05) is 6.54 Å². The lowest BCUT2D eigenvalue weighted by atomic mass is 10.4. The van der Waals surface area contributed by atoms with Crippen molar-refractivity contribution < 1.29 is 4.42 Å². The van der Waals surface area contributed by atoms with Crippen LogP contribution < -0.4 is 11.1 Å². The van der Waals surface area contributed by atoms with E-state index < -0.39 is 0 Å². The summed E-state index contributed by atoms with van der Waals surface area (Å²) < 4.78 is 5.37. The summed E-state index contributed by atoms with van der Waals surface area (Å²) in [6.07, 6.45) is 1.02. The van der Waals surface area contributed by atoms with Crippen molar-refractivity contribution in [1.29, 1.82) is 0 Å². The summed E-state index contributed by atoms with van der Waals surface area (Å²) in [6.45, 7) is 7.08. The predicted molar refractivity (Wildman–Crippen MR) is 75.0 cm³/mol. The largest absolute Gasteiger partial charge is 0.444 e. The number of hydrogen-bond donors (Lipinski definition) is 2. The third-order valence-corrected chi connectivity index (χ3v) is 2.01. The van der Waals surface area contributed by atoms with E-state index in [0.29, 0.717) is 18.4 Å². The Morgan fingerprint density at radius 1 is 1.50 bits per heavy atom. The molecule has 0 radical (unpaired) electrons. The van der Waals surface area contributed by atoms with Gasteiger partial charge >= 0.3 is 0 Å². The molecule has 0 atom stereocenters. The highest BCUT2D eigenvalue weighted by Crippen LogP contribution is 2.08. The van der Waals surface area contributed by atoms with Crippen LogP contribution in [0.2, 0.25) is 0 Å². The van der Waals surface area contributed by atoms with Gasteiger partial charge in [-0.3, -0.25) is 0 Å². The smallest absolute Gasteiger partial charge is 0.216 e. The number of aliphatic imine (C=N–C) groups is 1. The fraction of sp³-hybridized carbons (Fsp3) is 0.600. The maximum absolute atomic E-state index is 5.62. The quantitative estimate of drug-likeness (QED) is 0.498. The third kappa shape index (κ3) is 4.82. The number of nitrogens with one attached hydrogen (secondary N) is 1. The molecule has 0 spiro atoms. The minimum atomic E-state index is 0. The van der Waals surface area contributed by atoms with Crippen LogP contribution in [0.4, 0.5) is 0 Å². The minimum absolute atomic E-state index is 0. The number of hydrogen-bond acceptors (Lipinski definition) is 3. The van der Waals surface area contributed by atoms with Crippen LogP contribution >= 0.6 is 24.0 Å². The molecule has 1 aromatic rings. The number of nitrogens with zero attached hydrogens (tertiary/aromatic N) is 2. The molecule has 1 rings (SSSR count). The van der Waals surface area contributed by atoms with Crippen molar-refractivity contribution in [1.82, 2.24) is 10.3 Å². The second-order valence-corrected chi connectivity index (χ2v) is 3.38. The zero-order chi connectivity index (χ0) is 11.3. The number of aromatic nitrogens is 1. The molecule has 6 heteroatoms. The van der Waals surface area contributed by atoms with Crippen LogP contribution in [-0.2, 0) is 6.54 Å². The first kappa shape index (κ1) is 15.2. The summed E-state index contributed by atoms with van der Waals surface area (Å²) in [7, 11) is 0. The molecule has 0 amide bonds. The molecule has 0 fully saturated rings. The molecular formula is C10H19IN4O. The van der Waals surface area contributed by atoms with Crippen LogP contribution in [0.25, 0.3) is 0 Å². The number of nitrogens with two attached hydrogens (primary N) is 1. The molecular weight excluding hydrogens is 319 g/mol. The van der Waals surface area contributed by atoms with E-state index in [1.54, 1.807) is 0 Å². The molecule has 0 aliphatic heterocycles. The van der Waals surface area contributed by atoms with Crippen molar-refractivity contribution in [3.63, 3.8) is 0 Å². The molecule has 1 heterocycles. The van der Waals surface area contributed by atoms with Crippen molar-refractivity contribution in [3.8, 4) is 0 Å². The van der Waals surface area contributed by atoms with Gasteiger partial charge in [0.05, 0.1) is 5.69 Å². The Labute approximate surface area is 113 Å². The van der Waals surface area contributed by atoms with E-state index in [1.807, 2.05) is 13.8 Å².